The van der Waals surface area contributed by atoms with E-state index >= 15 is 0 Å². The molecule has 0 saturated heterocycles. The normalized spacial score (nSPS) is 13.6. The molecule has 0 fully saturated rings. The Bertz CT molecular complexity index is 102. The Morgan fingerprint density at radius 2 is 0.909 bits per heavy atom. The Morgan fingerprint density at radius 3 is 0.909 bits per heavy atom. The highest BCUT2D eigenvalue weighted by molar-refractivity contribution is 4.92. The minimum absolute atomic E-state index is 3.94. The lowest BCUT2D eigenvalue weighted by Gasteiger charge is -2.25. The van der Waals surface area contributed by atoms with Gasteiger partial charge in [-0.05, 0) is 0 Å². The molecule has 0 aromatic heterocycles. The molecular weight excluding hydrogens is 176 g/mol. The predicted octanol–water partition coefficient (Wildman–Crippen LogP) is 1.48. The maximum Gasteiger partial charge on any atom is 0.267 e. The number of rotatable bonds is 3. The van der Waals surface area contributed by atoms with Crippen LogP contribution in [0.2, 0.25) is 0 Å². The van der Waals surface area contributed by atoms with Crippen molar-refractivity contribution in [2.45, 2.75) is 24.8 Å². The molecule has 11 heavy (non-hydrogen) atoms. The van der Waals surface area contributed by atoms with Crippen LogP contribution in [0.15, 0.2) is 0 Å². The van der Waals surface area contributed by atoms with Crippen molar-refractivity contribution in [1.29, 1.82) is 0 Å². The largest absolute Gasteiger partial charge is 0.311 e. The summed E-state index contributed by atoms with van der Waals surface area (Å²) in [5.74, 6) is 0. The molecule has 0 rings (SSSR count). The first-order valence-corrected chi connectivity index (χ1v) is 2.46. The van der Waals surface area contributed by atoms with Crippen molar-refractivity contribution in [3.63, 3.8) is 0 Å². The number of alkyl halides is 6. The molecule has 2 N–H and O–H groups in total. The Labute approximate surface area is 58.2 Å². The first-order valence-electron chi connectivity index (χ1n) is 2.46. The van der Waals surface area contributed by atoms with Crippen LogP contribution < -0.4 is 5.73 Å². The van der Waals surface area contributed by atoms with Gasteiger partial charge in [0.2, 0.25) is 0 Å². The lowest BCUT2D eigenvalue weighted by molar-refractivity contribution is -0.122. The van der Waals surface area contributed by atoms with Crippen LogP contribution in [0.3, 0.4) is 0 Å². The Morgan fingerprint density at radius 1 is 0.727 bits per heavy atom. The minimum atomic E-state index is -4.00. The van der Waals surface area contributed by atoms with Crippen molar-refractivity contribution < 1.29 is 26.3 Å². The van der Waals surface area contributed by atoms with Crippen LogP contribution >= 0.6 is 0 Å². The van der Waals surface area contributed by atoms with Crippen LogP contribution in [0.1, 0.15) is 0 Å². The second-order valence-corrected chi connectivity index (χ2v) is 1.90. The van der Waals surface area contributed by atoms with E-state index in [9.17, 15) is 26.3 Å². The van der Waals surface area contributed by atoms with E-state index in [1.54, 1.807) is 0 Å². The maximum atomic E-state index is 11.5. The molecule has 0 heterocycles. The molecule has 0 radical (unpaired) electrons. The number of halogens is 6. The first kappa shape index (κ1) is 10.5. The van der Waals surface area contributed by atoms with Crippen molar-refractivity contribution in [2.75, 3.05) is 0 Å². The summed E-state index contributed by atoms with van der Waals surface area (Å²) in [4.78, 5) is 0. The third-order valence-corrected chi connectivity index (χ3v) is 1.13. The van der Waals surface area contributed by atoms with E-state index in [-0.39, 0.29) is 0 Å². The fourth-order valence-corrected chi connectivity index (χ4v) is 0.286. The molecule has 0 aliphatic carbocycles. The molecule has 1 nitrogen and oxygen atoms in total. The summed E-state index contributed by atoms with van der Waals surface area (Å²) < 4.78 is 69.0. The van der Waals surface area contributed by atoms with Crippen LogP contribution in [0.4, 0.5) is 26.3 Å². The summed E-state index contributed by atoms with van der Waals surface area (Å²) in [7, 11) is 0. The van der Waals surface area contributed by atoms with Crippen LogP contribution in [-0.2, 0) is 0 Å². The SMILES string of the molecule is NC(C(F)F)(C(F)F)C(F)F. The van der Waals surface area contributed by atoms with E-state index in [4.69, 9.17) is 0 Å². The van der Waals surface area contributed by atoms with Crippen molar-refractivity contribution in [3.05, 3.63) is 0 Å². The number of hydrogen-bond donors (Lipinski definition) is 1. The molecular formula is C4H5F6N. The summed E-state index contributed by atoms with van der Waals surface area (Å²) in [5.41, 5.74) is 0.0764. The van der Waals surface area contributed by atoms with E-state index < -0.39 is 24.8 Å². The van der Waals surface area contributed by atoms with Crippen LogP contribution in [-0.4, -0.2) is 24.8 Å². The smallest absolute Gasteiger partial charge is 0.267 e. The summed E-state index contributed by atoms with van der Waals surface area (Å²) in [6.45, 7) is 0. The van der Waals surface area contributed by atoms with E-state index in [0.717, 1.165) is 0 Å². The quantitative estimate of drug-likeness (QED) is 0.655. The third kappa shape index (κ3) is 1.76. The van der Waals surface area contributed by atoms with Gasteiger partial charge in [-0.3, -0.25) is 0 Å². The summed E-state index contributed by atoms with van der Waals surface area (Å²) in [5, 5.41) is 0. The van der Waals surface area contributed by atoms with Gasteiger partial charge in [0.15, 0.2) is 5.54 Å². The van der Waals surface area contributed by atoms with Gasteiger partial charge < -0.3 is 5.73 Å². The van der Waals surface area contributed by atoms with Crippen LogP contribution in [0, 0.1) is 0 Å². The van der Waals surface area contributed by atoms with Gasteiger partial charge in [0, 0.05) is 0 Å². The second kappa shape index (κ2) is 3.29. The molecule has 0 spiro atoms. The molecule has 0 atom stereocenters. The fraction of sp³-hybridized carbons (Fsp3) is 1.00. The summed E-state index contributed by atoms with van der Waals surface area (Å²) in [6.07, 6.45) is -11.8. The Balaban J connectivity index is 4.53. The predicted molar refractivity (Wildman–Crippen MR) is 24.9 cm³/mol. The van der Waals surface area contributed by atoms with Gasteiger partial charge >= 0.3 is 0 Å². The monoisotopic (exact) mass is 181 g/mol. The van der Waals surface area contributed by atoms with Crippen molar-refractivity contribution in [2.24, 2.45) is 5.73 Å². The van der Waals surface area contributed by atoms with E-state index in [0.29, 0.717) is 0 Å². The standard InChI is InChI=1S/C4H5F6N/c5-1(6)4(11,2(7)8)3(9)10/h1-3H,11H2. The first-order chi connectivity index (χ1) is 4.83. The molecule has 0 aliphatic heterocycles. The highest BCUT2D eigenvalue weighted by Gasteiger charge is 2.53. The van der Waals surface area contributed by atoms with E-state index in [2.05, 4.69) is 5.73 Å². The zero-order valence-corrected chi connectivity index (χ0v) is 5.08. The number of hydrogen-bond acceptors (Lipinski definition) is 1. The van der Waals surface area contributed by atoms with Gasteiger partial charge in [0.25, 0.3) is 19.3 Å². The molecule has 0 unspecified atom stereocenters. The Kier molecular flexibility index (Phi) is 3.15. The lowest BCUT2D eigenvalue weighted by Crippen LogP contribution is -2.59. The fourth-order valence-electron chi connectivity index (χ4n) is 0.286. The van der Waals surface area contributed by atoms with Gasteiger partial charge in [-0.1, -0.05) is 0 Å². The van der Waals surface area contributed by atoms with Gasteiger partial charge in [-0.25, -0.2) is 26.3 Å². The lowest BCUT2D eigenvalue weighted by atomic mass is 10.0. The average Bonchev–Trinajstić information content (AvgIpc) is 1.84. The average molecular weight is 181 g/mol. The second-order valence-electron chi connectivity index (χ2n) is 1.90. The molecule has 0 bridgehead atoms. The molecule has 0 aliphatic rings. The zero-order valence-electron chi connectivity index (χ0n) is 5.08. The molecule has 68 valence electrons. The minimum Gasteiger partial charge on any atom is -0.311 e. The zero-order chi connectivity index (χ0) is 9.23. The van der Waals surface area contributed by atoms with Crippen molar-refractivity contribution >= 4 is 0 Å². The molecule has 0 aromatic rings. The third-order valence-electron chi connectivity index (χ3n) is 1.13. The number of nitrogens with two attached hydrogens (primary N) is 1. The van der Waals surface area contributed by atoms with E-state index in [1.165, 1.54) is 0 Å². The highest BCUT2D eigenvalue weighted by Crippen LogP contribution is 2.27. The molecule has 0 saturated carbocycles. The van der Waals surface area contributed by atoms with Crippen molar-refractivity contribution in [1.82, 2.24) is 0 Å². The summed E-state index contributed by atoms with van der Waals surface area (Å²) >= 11 is 0. The van der Waals surface area contributed by atoms with Gasteiger partial charge in [-0.2, -0.15) is 0 Å². The topological polar surface area (TPSA) is 26.0 Å². The summed E-state index contributed by atoms with van der Waals surface area (Å²) in [6, 6.07) is 0. The maximum absolute atomic E-state index is 11.5. The Hall–Kier alpha value is -0.460. The van der Waals surface area contributed by atoms with E-state index in [1.807, 2.05) is 0 Å². The van der Waals surface area contributed by atoms with Crippen LogP contribution in [0.25, 0.3) is 0 Å². The van der Waals surface area contributed by atoms with Gasteiger partial charge in [0.1, 0.15) is 0 Å². The van der Waals surface area contributed by atoms with Gasteiger partial charge in [0.05, 0.1) is 0 Å². The van der Waals surface area contributed by atoms with Crippen LogP contribution in [0.5, 0.6) is 0 Å². The van der Waals surface area contributed by atoms with Crippen molar-refractivity contribution in [3.8, 4) is 0 Å². The molecule has 0 amide bonds. The highest BCUT2D eigenvalue weighted by atomic mass is 19.3. The molecule has 7 heteroatoms. The van der Waals surface area contributed by atoms with Gasteiger partial charge in [-0.15, -0.1) is 0 Å². The molecule has 0 aromatic carbocycles.